The van der Waals surface area contributed by atoms with E-state index in [0.29, 0.717) is 23.3 Å². The zero-order chi connectivity index (χ0) is 26.6. The van der Waals surface area contributed by atoms with Gasteiger partial charge in [-0.25, -0.2) is 0 Å². The van der Waals surface area contributed by atoms with Gasteiger partial charge in [0, 0.05) is 5.41 Å². The highest BCUT2D eigenvalue weighted by atomic mass is 16.3. The minimum atomic E-state index is 0.000974. The van der Waals surface area contributed by atoms with Gasteiger partial charge in [0.15, 0.2) is 0 Å². The fraction of sp³-hybridized carbons (Fsp3) is 0.684. The lowest BCUT2D eigenvalue weighted by Crippen LogP contribution is -2.44. The van der Waals surface area contributed by atoms with E-state index in [-0.39, 0.29) is 5.41 Å². The zero-order valence-electron chi connectivity index (χ0n) is 24.2. The quantitative estimate of drug-likeness (QED) is 0.408. The lowest BCUT2D eigenvalue weighted by atomic mass is 9.50. The third-order valence-electron chi connectivity index (χ3n) is 14.0. The molecule has 9 fully saturated rings. The van der Waals surface area contributed by atoms with Crippen LogP contribution in [0.5, 0.6) is 11.5 Å². The van der Waals surface area contributed by atoms with Crippen LogP contribution in [0.2, 0.25) is 0 Å². The predicted molar refractivity (Wildman–Crippen MR) is 160 cm³/mol. The van der Waals surface area contributed by atoms with E-state index in [4.69, 9.17) is 0 Å². The average molecular weight is 537 g/mol. The summed E-state index contributed by atoms with van der Waals surface area (Å²) in [6.45, 7) is 0. The summed E-state index contributed by atoms with van der Waals surface area (Å²) < 4.78 is 0. The molecule has 0 unspecified atom stereocenters. The van der Waals surface area contributed by atoms with Crippen LogP contribution in [-0.2, 0) is 5.41 Å². The van der Waals surface area contributed by atoms with E-state index in [1.54, 1.807) is 0 Å². The smallest absolute Gasteiger partial charge is 0.119 e. The minimum Gasteiger partial charge on any atom is -0.508 e. The monoisotopic (exact) mass is 536 g/mol. The molecule has 2 aromatic carbocycles. The van der Waals surface area contributed by atoms with Crippen molar-refractivity contribution >= 4 is 0 Å². The molecule has 8 bridgehead atoms. The molecule has 2 aromatic rings. The molecule has 11 rings (SSSR count). The molecule has 0 aromatic heterocycles. The van der Waals surface area contributed by atoms with Crippen molar-refractivity contribution in [2.24, 2.45) is 47.3 Å². The molecule has 0 radical (unpaired) electrons. The number of rotatable bonds is 4. The number of hydrogen-bond donors (Lipinski definition) is 2. The summed E-state index contributed by atoms with van der Waals surface area (Å²) in [4.78, 5) is 0. The average Bonchev–Trinajstić information content (AvgIpc) is 2.94. The second-order valence-electron chi connectivity index (χ2n) is 16.1. The van der Waals surface area contributed by atoms with E-state index < -0.39 is 0 Å². The molecule has 0 spiro atoms. The van der Waals surface area contributed by atoms with Crippen molar-refractivity contribution in [3.63, 3.8) is 0 Å². The van der Waals surface area contributed by atoms with E-state index in [9.17, 15) is 10.2 Å². The van der Waals surface area contributed by atoms with Crippen molar-refractivity contribution in [2.45, 2.75) is 114 Å². The minimum absolute atomic E-state index is 0.000974. The number of phenolic OH excluding ortho intramolecular Hbond substituents is 2. The van der Waals surface area contributed by atoms with Crippen LogP contribution in [0, 0.1) is 47.3 Å². The van der Waals surface area contributed by atoms with Crippen molar-refractivity contribution in [1.29, 1.82) is 0 Å². The second-order valence-corrected chi connectivity index (χ2v) is 16.1. The summed E-state index contributed by atoms with van der Waals surface area (Å²) in [7, 11) is 0. The van der Waals surface area contributed by atoms with Crippen LogP contribution in [0.15, 0.2) is 36.4 Å². The fourth-order valence-corrected chi connectivity index (χ4v) is 13.0. The molecule has 2 heteroatoms. The van der Waals surface area contributed by atoms with Crippen molar-refractivity contribution in [1.82, 2.24) is 0 Å². The van der Waals surface area contributed by atoms with Gasteiger partial charge in [0.25, 0.3) is 0 Å². The molecule has 0 amide bonds. The summed E-state index contributed by atoms with van der Waals surface area (Å²) in [6.07, 6.45) is 20.3. The fourth-order valence-electron chi connectivity index (χ4n) is 13.0. The molecule has 212 valence electrons. The Morgan fingerprint density at radius 3 is 1.23 bits per heavy atom. The van der Waals surface area contributed by atoms with Gasteiger partial charge in [0.2, 0.25) is 0 Å². The zero-order valence-corrected chi connectivity index (χ0v) is 24.2. The van der Waals surface area contributed by atoms with Crippen LogP contribution in [0.3, 0.4) is 0 Å². The van der Waals surface area contributed by atoms with Gasteiger partial charge in [-0.3, -0.25) is 0 Å². The normalized spacial score (nSPS) is 42.4. The predicted octanol–water partition coefficient (Wildman–Crippen LogP) is 9.43. The number of aromatic hydroxyl groups is 2. The molecule has 0 heterocycles. The Morgan fingerprint density at radius 1 is 0.475 bits per heavy atom. The maximum atomic E-state index is 11.3. The lowest BCUT2D eigenvalue weighted by molar-refractivity contribution is -0.00354. The molecule has 9 aliphatic carbocycles. The van der Waals surface area contributed by atoms with Crippen LogP contribution in [0.25, 0.3) is 0 Å². The van der Waals surface area contributed by atoms with E-state index >= 15 is 0 Å². The molecule has 0 saturated heterocycles. The molecule has 2 nitrogen and oxygen atoms in total. The van der Waals surface area contributed by atoms with E-state index in [2.05, 4.69) is 36.4 Å². The first kappa shape index (κ1) is 24.6. The van der Waals surface area contributed by atoms with Gasteiger partial charge in [-0.15, -0.1) is 0 Å². The van der Waals surface area contributed by atoms with Crippen molar-refractivity contribution in [3.8, 4) is 11.5 Å². The summed E-state index contributed by atoms with van der Waals surface area (Å²) in [5, 5.41) is 22.6. The summed E-state index contributed by atoms with van der Waals surface area (Å²) in [5.74, 6) is 9.11. The van der Waals surface area contributed by atoms with Gasteiger partial charge in [0.1, 0.15) is 11.5 Å². The third kappa shape index (κ3) is 3.65. The van der Waals surface area contributed by atoms with E-state index in [0.717, 1.165) is 47.3 Å². The topological polar surface area (TPSA) is 40.5 Å². The Hall–Kier alpha value is -1.96. The largest absolute Gasteiger partial charge is 0.508 e. The van der Waals surface area contributed by atoms with Crippen LogP contribution >= 0.6 is 0 Å². The van der Waals surface area contributed by atoms with Crippen LogP contribution < -0.4 is 0 Å². The molecule has 2 N–H and O–H groups in total. The third-order valence-corrected chi connectivity index (χ3v) is 14.0. The Morgan fingerprint density at radius 2 is 0.850 bits per heavy atom. The van der Waals surface area contributed by atoms with Crippen LogP contribution in [0.1, 0.15) is 130 Å². The molecule has 9 saturated carbocycles. The van der Waals surface area contributed by atoms with Gasteiger partial charge < -0.3 is 10.2 Å². The Labute approximate surface area is 241 Å². The van der Waals surface area contributed by atoms with E-state index in [1.807, 2.05) is 0 Å². The Kier molecular flexibility index (Phi) is 5.55. The van der Waals surface area contributed by atoms with Gasteiger partial charge in [-0.1, -0.05) is 43.5 Å². The molecule has 40 heavy (non-hydrogen) atoms. The van der Waals surface area contributed by atoms with Gasteiger partial charge in [-0.2, -0.15) is 0 Å². The van der Waals surface area contributed by atoms with Crippen molar-refractivity contribution in [2.75, 3.05) is 0 Å². The number of hydrogen-bond acceptors (Lipinski definition) is 2. The van der Waals surface area contributed by atoms with Crippen molar-refractivity contribution in [3.05, 3.63) is 58.7 Å². The SMILES string of the molecule is Oc1ccc(C2(c3ccc(O)c(C4C5CC6CC(C5)CC4C6)c3)CCCCC2)cc1C1C2CC3CC(C2)CC1C3. The number of phenols is 2. The van der Waals surface area contributed by atoms with Crippen molar-refractivity contribution < 1.29 is 10.2 Å². The molecular weight excluding hydrogens is 488 g/mol. The number of benzene rings is 2. The Balaban J connectivity index is 1.12. The van der Waals surface area contributed by atoms with Gasteiger partial charge >= 0.3 is 0 Å². The first-order valence-corrected chi connectivity index (χ1v) is 17.2. The maximum absolute atomic E-state index is 11.3. The second kappa shape index (κ2) is 9.02. The maximum Gasteiger partial charge on any atom is 0.119 e. The molecule has 9 aliphatic rings. The highest BCUT2D eigenvalue weighted by Gasteiger charge is 2.51. The summed E-state index contributed by atoms with van der Waals surface area (Å²) >= 11 is 0. The first-order chi connectivity index (χ1) is 19.5. The van der Waals surface area contributed by atoms with E-state index in [1.165, 1.54) is 119 Å². The standard InChI is InChI=1S/C38H48O2/c39-34-6-4-30(20-32(34)36-26-12-22-10-23(14-26)15-27(36)13-22)38(8-2-1-3-9-38)31-5-7-35(40)33(21-31)37-28-16-24-11-25(18-28)19-29(37)17-24/h4-7,20-29,36-37,39-40H,1-3,8-19H2. The highest BCUT2D eigenvalue weighted by molar-refractivity contribution is 5.51. The first-order valence-electron chi connectivity index (χ1n) is 17.2. The Bertz CT molecular complexity index is 1150. The van der Waals surface area contributed by atoms with Gasteiger partial charge in [-0.05, 0) is 171 Å². The molecule has 0 atom stereocenters. The van der Waals surface area contributed by atoms with Crippen LogP contribution in [-0.4, -0.2) is 10.2 Å². The van der Waals surface area contributed by atoms with Gasteiger partial charge in [0.05, 0.1) is 0 Å². The van der Waals surface area contributed by atoms with Crippen LogP contribution in [0.4, 0.5) is 0 Å². The summed E-state index contributed by atoms with van der Waals surface area (Å²) in [6, 6.07) is 13.6. The molecule has 0 aliphatic heterocycles. The summed E-state index contributed by atoms with van der Waals surface area (Å²) in [5.41, 5.74) is 5.43. The lowest BCUT2D eigenvalue weighted by Gasteiger charge is -2.55. The molecular formula is C38H48O2. The highest BCUT2D eigenvalue weighted by Crippen LogP contribution is 2.63.